The molecule has 122 valence electrons. The van der Waals surface area contributed by atoms with Crippen LogP contribution in [0.2, 0.25) is 0 Å². The van der Waals surface area contributed by atoms with Crippen LogP contribution in [-0.4, -0.2) is 54.1 Å². The largest absolute Gasteiger partial charge is 0.481 e. The van der Waals surface area contributed by atoms with Gasteiger partial charge in [-0.15, -0.1) is 0 Å². The van der Waals surface area contributed by atoms with Crippen molar-refractivity contribution in [3.05, 3.63) is 36.1 Å². The van der Waals surface area contributed by atoms with Gasteiger partial charge in [-0.05, 0) is 49.7 Å². The maximum Gasteiger partial charge on any atom is 0.312 e. The Hall–Kier alpha value is -1.85. The minimum absolute atomic E-state index is 0.258. The summed E-state index contributed by atoms with van der Waals surface area (Å²) in [6.07, 6.45) is 2.67. The highest BCUT2D eigenvalue weighted by Gasteiger charge is 2.54. The summed E-state index contributed by atoms with van der Waals surface area (Å²) in [4.78, 5) is 16.4. The van der Waals surface area contributed by atoms with Crippen LogP contribution < -0.4 is 0 Å². The number of carbonyl (C=O) groups is 1. The van der Waals surface area contributed by atoms with Gasteiger partial charge in [-0.2, -0.15) is 0 Å². The summed E-state index contributed by atoms with van der Waals surface area (Å²) in [5.74, 6) is -0.379. The van der Waals surface area contributed by atoms with Gasteiger partial charge >= 0.3 is 5.97 Å². The third-order valence-electron chi connectivity index (χ3n) is 5.53. The van der Waals surface area contributed by atoms with Crippen LogP contribution in [0, 0.1) is 11.3 Å². The molecule has 0 bridgehead atoms. The molecule has 2 aromatic rings. The molecule has 0 unspecified atom stereocenters. The normalized spacial score (nSPS) is 29.0. The van der Waals surface area contributed by atoms with Crippen LogP contribution in [0.4, 0.5) is 0 Å². The predicted octanol–water partition coefficient (Wildman–Crippen LogP) is 2.27. The van der Waals surface area contributed by atoms with Crippen molar-refractivity contribution < 1.29 is 14.3 Å². The van der Waals surface area contributed by atoms with Gasteiger partial charge < -0.3 is 14.4 Å². The van der Waals surface area contributed by atoms with Crippen molar-refractivity contribution >= 4 is 16.9 Å². The first-order chi connectivity index (χ1) is 11.1. The number of furan rings is 1. The summed E-state index contributed by atoms with van der Waals surface area (Å²) < 4.78 is 5.38. The topological polar surface area (TPSA) is 56.9 Å². The molecule has 2 aliphatic heterocycles. The van der Waals surface area contributed by atoms with E-state index in [2.05, 4.69) is 21.9 Å². The second-order valence-corrected chi connectivity index (χ2v) is 7.15. The lowest BCUT2D eigenvalue weighted by molar-refractivity contribution is -0.153. The summed E-state index contributed by atoms with van der Waals surface area (Å²) in [5, 5.41) is 11.0. The van der Waals surface area contributed by atoms with Gasteiger partial charge in [0.05, 0.1) is 11.7 Å². The molecular formula is C18H22N2O3. The first-order valence-corrected chi connectivity index (χ1v) is 8.17. The molecule has 0 saturated carbocycles. The molecular weight excluding hydrogens is 292 g/mol. The van der Waals surface area contributed by atoms with Crippen LogP contribution in [0.1, 0.15) is 12.0 Å². The van der Waals surface area contributed by atoms with Gasteiger partial charge in [-0.1, -0.05) is 6.07 Å². The van der Waals surface area contributed by atoms with Crippen molar-refractivity contribution in [3.63, 3.8) is 0 Å². The number of hydrogen-bond acceptors (Lipinski definition) is 4. The number of benzene rings is 1. The Morgan fingerprint density at radius 2 is 2.26 bits per heavy atom. The Labute approximate surface area is 135 Å². The lowest BCUT2D eigenvalue weighted by Gasteiger charge is -2.39. The van der Waals surface area contributed by atoms with E-state index in [9.17, 15) is 9.90 Å². The highest BCUT2D eigenvalue weighted by atomic mass is 16.4. The smallest absolute Gasteiger partial charge is 0.312 e. The van der Waals surface area contributed by atoms with E-state index in [1.807, 2.05) is 19.2 Å². The molecule has 3 heterocycles. The number of aliphatic carboxylic acids is 1. The van der Waals surface area contributed by atoms with E-state index in [1.54, 1.807) is 6.26 Å². The Morgan fingerprint density at radius 1 is 1.39 bits per heavy atom. The van der Waals surface area contributed by atoms with E-state index in [0.29, 0.717) is 13.1 Å². The summed E-state index contributed by atoms with van der Waals surface area (Å²) in [6, 6.07) is 8.18. The van der Waals surface area contributed by atoms with Gasteiger partial charge in [0.1, 0.15) is 5.58 Å². The average Bonchev–Trinajstić information content (AvgIpc) is 3.10. The van der Waals surface area contributed by atoms with E-state index in [0.717, 1.165) is 37.0 Å². The molecule has 0 amide bonds. The Morgan fingerprint density at radius 3 is 3.09 bits per heavy atom. The zero-order chi connectivity index (χ0) is 16.0. The summed E-state index contributed by atoms with van der Waals surface area (Å²) in [6.45, 7) is 3.97. The number of likely N-dealkylation sites (tertiary alicyclic amines) is 2. The first-order valence-electron chi connectivity index (χ1n) is 8.17. The molecule has 4 rings (SSSR count). The standard InChI is InChI=1S/C18H22N2O3/c1-19-6-4-15-10-20(12-18(15,11-19)17(21)22)9-13-2-3-16-14(8-13)5-7-23-16/h2-3,5,7-8,15H,4,6,9-12H2,1H3,(H,21,22)/t15-,18-/m0/s1. The van der Waals surface area contributed by atoms with Crippen LogP contribution in [0.25, 0.3) is 11.0 Å². The zero-order valence-corrected chi connectivity index (χ0v) is 13.4. The second-order valence-electron chi connectivity index (χ2n) is 7.15. The van der Waals surface area contributed by atoms with Gasteiger partial charge in [0.2, 0.25) is 0 Å². The fourth-order valence-electron chi connectivity index (χ4n) is 4.37. The quantitative estimate of drug-likeness (QED) is 0.942. The number of fused-ring (bicyclic) bond motifs is 2. The average molecular weight is 314 g/mol. The van der Waals surface area contributed by atoms with Gasteiger partial charge in [-0.25, -0.2) is 0 Å². The molecule has 5 heteroatoms. The fraction of sp³-hybridized carbons (Fsp3) is 0.500. The van der Waals surface area contributed by atoms with Gasteiger partial charge in [0.25, 0.3) is 0 Å². The maximum atomic E-state index is 12.0. The number of piperidine rings is 1. The van der Waals surface area contributed by atoms with E-state index in [4.69, 9.17) is 4.42 Å². The van der Waals surface area contributed by atoms with Crippen LogP contribution in [0.15, 0.2) is 34.9 Å². The van der Waals surface area contributed by atoms with E-state index in [-0.39, 0.29) is 5.92 Å². The minimum atomic E-state index is -0.637. The minimum Gasteiger partial charge on any atom is -0.481 e. The third-order valence-corrected chi connectivity index (χ3v) is 5.53. The van der Waals surface area contributed by atoms with Crippen molar-refractivity contribution in [1.82, 2.24) is 9.80 Å². The van der Waals surface area contributed by atoms with Crippen molar-refractivity contribution in [3.8, 4) is 0 Å². The number of hydrogen-bond donors (Lipinski definition) is 1. The molecule has 2 saturated heterocycles. The molecule has 2 atom stereocenters. The van der Waals surface area contributed by atoms with Gasteiger partial charge in [0.15, 0.2) is 0 Å². The van der Waals surface area contributed by atoms with Crippen molar-refractivity contribution in [2.24, 2.45) is 11.3 Å². The van der Waals surface area contributed by atoms with E-state index >= 15 is 0 Å². The fourth-order valence-corrected chi connectivity index (χ4v) is 4.37. The summed E-state index contributed by atoms with van der Waals surface area (Å²) >= 11 is 0. The molecule has 23 heavy (non-hydrogen) atoms. The Bertz CT molecular complexity index is 741. The van der Waals surface area contributed by atoms with E-state index in [1.165, 1.54) is 5.56 Å². The summed E-state index contributed by atoms with van der Waals surface area (Å²) in [5.41, 5.74) is 1.51. The number of nitrogens with zero attached hydrogens (tertiary/aromatic N) is 2. The predicted molar refractivity (Wildman–Crippen MR) is 87.2 cm³/mol. The lowest BCUT2D eigenvalue weighted by Crippen LogP contribution is -2.52. The van der Waals surface area contributed by atoms with Gasteiger partial charge in [-0.3, -0.25) is 9.69 Å². The number of carboxylic acids is 1. The Kier molecular flexibility index (Phi) is 3.43. The Balaban J connectivity index is 1.55. The SMILES string of the molecule is CN1CC[C@H]2CN(Cc3ccc4occc4c3)C[C@@]2(C(=O)O)C1. The third kappa shape index (κ3) is 2.44. The molecule has 0 aliphatic carbocycles. The van der Waals surface area contributed by atoms with Gasteiger partial charge in [0, 0.05) is 31.6 Å². The summed E-state index contributed by atoms with van der Waals surface area (Å²) in [7, 11) is 2.02. The zero-order valence-electron chi connectivity index (χ0n) is 13.4. The van der Waals surface area contributed by atoms with Crippen molar-refractivity contribution in [2.45, 2.75) is 13.0 Å². The van der Waals surface area contributed by atoms with Crippen molar-refractivity contribution in [2.75, 3.05) is 33.2 Å². The monoisotopic (exact) mass is 314 g/mol. The highest BCUT2D eigenvalue weighted by molar-refractivity contribution is 5.78. The van der Waals surface area contributed by atoms with Crippen LogP contribution in [-0.2, 0) is 11.3 Å². The first kappa shape index (κ1) is 14.7. The highest BCUT2D eigenvalue weighted by Crippen LogP contribution is 2.42. The lowest BCUT2D eigenvalue weighted by atomic mass is 9.73. The molecule has 2 fully saturated rings. The molecule has 1 aromatic carbocycles. The molecule has 2 aliphatic rings. The molecule has 1 aromatic heterocycles. The van der Waals surface area contributed by atoms with Crippen LogP contribution in [0.3, 0.4) is 0 Å². The maximum absolute atomic E-state index is 12.0. The molecule has 0 radical (unpaired) electrons. The van der Waals surface area contributed by atoms with Crippen molar-refractivity contribution in [1.29, 1.82) is 0 Å². The molecule has 5 nitrogen and oxygen atoms in total. The second kappa shape index (κ2) is 5.35. The van der Waals surface area contributed by atoms with Crippen LogP contribution in [0.5, 0.6) is 0 Å². The van der Waals surface area contributed by atoms with Crippen LogP contribution >= 0.6 is 0 Å². The van der Waals surface area contributed by atoms with E-state index < -0.39 is 11.4 Å². The number of rotatable bonds is 3. The number of carboxylic acid groups (broad SMARTS) is 1. The molecule has 0 spiro atoms. The molecule has 1 N–H and O–H groups in total.